The molecule has 0 aliphatic heterocycles. The van der Waals surface area contributed by atoms with Gasteiger partial charge in [0.05, 0.1) is 25.4 Å². The summed E-state index contributed by atoms with van der Waals surface area (Å²) in [5.41, 5.74) is 2.88. The monoisotopic (exact) mass is 374 g/mol. The van der Waals surface area contributed by atoms with Crippen molar-refractivity contribution in [2.24, 2.45) is 17.8 Å². The van der Waals surface area contributed by atoms with E-state index in [-0.39, 0.29) is 12.2 Å². The average molecular weight is 374 g/mol. The second-order valence-electron chi connectivity index (χ2n) is 8.74. The maximum atomic E-state index is 11.6. The predicted molar refractivity (Wildman–Crippen MR) is 101 cm³/mol. The number of carboxylic acid groups (broad SMARTS) is 1. The zero-order chi connectivity index (χ0) is 18.9. The van der Waals surface area contributed by atoms with E-state index in [4.69, 9.17) is 14.2 Å². The zero-order valence-corrected chi connectivity index (χ0v) is 16.1. The highest BCUT2D eigenvalue weighted by atomic mass is 16.7. The molecule has 0 amide bonds. The Balaban J connectivity index is 1.54. The second-order valence-corrected chi connectivity index (χ2v) is 8.74. The smallest absolute Gasteiger partial charge is 0.335 e. The predicted octanol–water partition coefficient (Wildman–Crippen LogP) is 3.99. The number of hydrogen-bond acceptors (Lipinski definition) is 4. The van der Waals surface area contributed by atoms with Gasteiger partial charge >= 0.3 is 5.97 Å². The molecule has 0 radical (unpaired) electrons. The Morgan fingerprint density at radius 3 is 2.33 bits per heavy atom. The van der Waals surface area contributed by atoms with Gasteiger partial charge in [-0.3, -0.25) is 0 Å². The van der Waals surface area contributed by atoms with Crippen LogP contribution in [0.3, 0.4) is 0 Å². The van der Waals surface area contributed by atoms with Crippen molar-refractivity contribution in [1.82, 2.24) is 0 Å². The quantitative estimate of drug-likeness (QED) is 0.523. The number of ether oxygens (including phenoxy) is 3. The van der Waals surface area contributed by atoms with E-state index in [2.05, 4.69) is 0 Å². The number of rotatable bonds is 9. The summed E-state index contributed by atoms with van der Waals surface area (Å²) in [7, 11) is 1.64. The first-order valence-electron chi connectivity index (χ1n) is 10.1. The molecule has 1 N–H and O–H groups in total. The summed E-state index contributed by atoms with van der Waals surface area (Å²) in [6, 6.07) is 5.59. The maximum absolute atomic E-state index is 11.6. The van der Waals surface area contributed by atoms with Crippen molar-refractivity contribution in [3.05, 3.63) is 34.9 Å². The lowest BCUT2D eigenvalue weighted by Gasteiger charge is -2.57. The van der Waals surface area contributed by atoms with Crippen LogP contribution in [-0.4, -0.2) is 38.2 Å². The molecule has 5 nitrogen and oxygen atoms in total. The van der Waals surface area contributed by atoms with Gasteiger partial charge in [0.25, 0.3) is 0 Å². The molecule has 1 aromatic rings. The Morgan fingerprint density at radius 1 is 1.07 bits per heavy atom. The van der Waals surface area contributed by atoms with Gasteiger partial charge in [0.1, 0.15) is 6.79 Å². The molecule has 4 saturated carbocycles. The number of methoxy groups -OCH3 is 1. The lowest BCUT2D eigenvalue weighted by Crippen LogP contribution is -2.49. The van der Waals surface area contributed by atoms with Crippen molar-refractivity contribution in [3.8, 4) is 0 Å². The molecule has 4 aliphatic carbocycles. The Hall–Kier alpha value is -1.43. The first-order valence-corrected chi connectivity index (χ1v) is 10.1. The van der Waals surface area contributed by atoms with E-state index in [0.717, 1.165) is 23.3 Å². The van der Waals surface area contributed by atoms with Crippen LogP contribution in [-0.2, 0) is 26.2 Å². The van der Waals surface area contributed by atoms with Gasteiger partial charge in [-0.2, -0.15) is 0 Å². The molecule has 27 heavy (non-hydrogen) atoms. The van der Waals surface area contributed by atoms with Crippen molar-refractivity contribution >= 4 is 5.97 Å². The van der Waals surface area contributed by atoms with Crippen LogP contribution in [0.4, 0.5) is 0 Å². The van der Waals surface area contributed by atoms with E-state index in [1.54, 1.807) is 13.2 Å². The van der Waals surface area contributed by atoms with Crippen LogP contribution in [0, 0.1) is 17.8 Å². The highest BCUT2D eigenvalue weighted by Crippen LogP contribution is 2.61. The van der Waals surface area contributed by atoms with Gasteiger partial charge in [-0.15, -0.1) is 0 Å². The van der Waals surface area contributed by atoms with Crippen molar-refractivity contribution < 1.29 is 24.1 Å². The van der Waals surface area contributed by atoms with Crippen LogP contribution in [0.5, 0.6) is 0 Å². The van der Waals surface area contributed by atoms with Gasteiger partial charge in [-0.1, -0.05) is 6.07 Å². The molecule has 0 unspecified atom stereocenters. The van der Waals surface area contributed by atoms with Gasteiger partial charge in [0.2, 0.25) is 0 Å². The average Bonchev–Trinajstić information content (AvgIpc) is 2.63. The molecular weight excluding hydrogens is 344 g/mol. The zero-order valence-electron chi connectivity index (χ0n) is 16.1. The molecule has 4 bridgehead atoms. The molecule has 1 aromatic carbocycles. The van der Waals surface area contributed by atoms with E-state index in [9.17, 15) is 9.90 Å². The fourth-order valence-corrected chi connectivity index (χ4v) is 6.18. The maximum Gasteiger partial charge on any atom is 0.335 e. The van der Waals surface area contributed by atoms with Gasteiger partial charge in [-0.05, 0) is 85.0 Å². The molecule has 148 valence electrons. The third-order valence-corrected chi connectivity index (χ3v) is 6.82. The molecule has 5 rings (SSSR count). The molecule has 0 saturated heterocycles. The van der Waals surface area contributed by atoms with Gasteiger partial charge in [0, 0.05) is 7.11 Å². The third-order valence-electron chi connectivity index (χ3n) is 6.82. The molecule has 0 aromatic heterocycles. The number of carbonyl (C=O) groups is 1. The second kappa shape index (κ2) is 7.90. The highest BCUT2D eigenvalue weighted by molar-refractivity contribution is 5.88. The molecule has 5 heteroatoms. The Bertz CT molecular complexity index is 648. The van der Waals surface area contributed by atoms with Crippen molar-refractivity contribution in [2.45, 2.75) is 50.5 Å². The molecule has 4 fully saturated rings. The summed E-state index contributed by atoms with van der Waals surface area (Å²) < 4.78 is 16.1. The molecule has 0 atom stereocenters. The number of carboxylic acids is 1. The summed E-state index contributed by atoms with van der Waals surface area (Å²) >= 11 is 0. The SMILES string of the molecule is COCCOCOCc1ccc(C(=O)O)cc1C12CC3CC(CC(C3)C1)C2. The summed E-state index contributed by atoms with van der Waals surface area (Å²) in [6.45, 7) is 1.75. The molecule has 4 aliphatic rings. The van der Waals surface area contributed by atoms with Crippen LogP contribution in [0.1, 0.15) is 60.0 Å². The first kappa shape index (κ1) is 18.9. The summed E-state index contributed by atoms with van der Waals surface area (Å²) in [6.07, 6.45) is 7.74. The number of hydrogen-bond donors (Lipinski definition) is 1. The van der Waals surface area contributed by atoms with E-state index in [1.807, 2.05) is 12.1 Å². The van der Waals surface area contributed by atoms with E-state index in [0.29, 0.717) is 25.4 Å². The topological polar surface area (TPSA) is 65.0 Å². The van der Waals surface area contributed by atoms with Gasteiger partial charge in [0.15, 0.2) is 0 Å². The molecular formula is C22H30O5. The first-order chi connectivity index (χ1) is 13.1. The highest BCUT2D eigenvalue weighted by Gasteiger charge is 2.52. The van der Waals surface area contributed by atoms with Crippen molar-refractivity contribution in [3.63, 3.8) is 0 Å². The van der Waals surface area contributed by atoms with Gasteiger partial charge < -0.3 is 19.3 Å². The molecule has 0 spiro atoms. The van der Waals surface area contributed by atoms with Crippen molar-refractivity contribution in [1.29, 1.82) is 0 Å². The summed E-state index contributed by atoms with van der Waals surface area (Å²) in [5.74, 6) is 1.60. The van der Waals surface area contributed by atoms with Crippen LogP contribution >= 0.6 is 0 Å². The lowest BCUT2D eigenvalue weighted by molar-refractivity contribution is -0.0734. The van der Waals surface area contributed by atoms with E-state index in [1.165, 1.54) is 44.1 Å². The van der Waals surface area contributed by atoms with Crippen molar-refractivity contribution in [2.75, 3.05) is 27.1 Å². The minimum Gasteiger partial charge on any atom is -0.478 e. The van der Waals surface area contributed by atoms with Crippen LogP contribution in [0.25, 0.3) is 0 Å². The minimum absolute atomic E-state index is 0.149. The molecule has 0 heterocycles. The Labute approximate surface area is 161 Å². The van der Waals surface area contributed by atoms with E-state index >= 15 is 0 Å². The van der Waals surface area contributed by atoms with Crippen LogP contribution < -0.4 is 0 Å². The third kappa shape index (κ3) is 3.91. The fraction of sp³-hybridized carbons (Fsp3) is 0.682. The lowest BCUT2D eigenvalue weighted by atomic mass is 9.47. The Kier molecular flexibility index (Phi) is 5.53. The summed E-state index contributed by atoms with van der Waals surface area (Å²) in [4.78, 5) is 11.6. The normalized spacial score (nSPS) is 31.4. The Morgan fingerprint density at radius 2 is 1.74 bits per heavy atom. The minimum atomic E-state index is -0.851. The fourth-order valence-electron chi connectivity index (χ4n) is 6.18. The van der Waals surface area contributed by atoms with Crippen LogP contribution in [0.2, 0.25) is 0 Å². The summed E-state index contributed by atoms with van der Waals surface area (Å²) in [5, 5.41) is 9.52. The number of benzene rings is 1. The van der Waals surface area contributed by atoms with E-state index < -0.39 is 5.97 Å². The standard InChI is InChI=1S/C22H30O5/c1-25-4-5-26-14-27-13-19-3-2-18(21(23)24)9-20(19)22-10-15-6-16(11-22)8-17(7-15)12-22/h2-3,9,15-17H,4-8,10-14H2,1H3,(H,23,24). The number of aromatic carboxylic acids is 1. The van der Waals surface area contributed by atoms with Gasteiger partial charge in [-0.25, -0.2) is 4.79 Å². The van der Waals surface area contributed by atoms with Crippen LogP contribution in [0.15, 0.2) is 18.2 Å². The largest absolute Gasteiger partial charge is 0.478 e.